The maximum absolute atomic E-state index is 12.0. The summed E-state index contributed by atoms with van der Waals surface area (Å²) in [6, 6.07) is 0.528. The van der Waals surface area contributed by atoms with Gasteiger partial charge in [-0.1, -0.05) is 30.9 Å². The summed E-state index contributed by atoms with van der Waals surface area (Å²) >= 11 is 0. The molecule has 1 heterocycles. The number of rotatable bonds is 6. The Balaban J connectivity index is 1.74. The molecule has 1 aliphatic carbocycles. The normalized spacial score (nSPS) is 18.1. The molecule has 0 radical (unpaired) electrons. The second-order valence-corrected chi connectivity index (χ2v) is 6.95. The van der Waals surface area contributed by atoms with Gasteiger partial charge in [0.25, 0.3) is 10.0 Å². The molecule has 1 saturated carbocycles. The van der Waals surface area contributed by atoms with E-state index in [9.17, 15) is 8.42 Å². The van der Waals surface area contributed by atoms with Crippen LogP contribution in [0.1, 0.15) is 38.5 Å². The minimum absolute atomic E-state index is 0.0898. The lowest BCUT2D eigenvalue weighted by Crippen LogP contribution is -2.37. The first-order valence-corrected chi connectivity index (χ1v) is 8.65. The van der Waals surface area contributed by atoms with Crippen LogP contribution in [0.4, 0.5) is 0 Å². The molecule has 0 aliphatic heterocycles. The molecular formula is C12H23N5O2S. The molecular weight excluding hydrogens is 278 g/mol. The fourth-order valence-electron chi connectivity index (χ4n) is 2.54. The van der Waals surface area contributed by atoms with Gasteiger partial charge in [0.1, 0.15) is 0 Å². The van der Waals surface area contributed by atoms with Crippen LogP contribution in [0.2, 0.25) is 0 Å². The molecule has 7 nitrogen and oxygen atoms in total. The van der Waals surface area contributed by atoms with Crippen LogP contribution in [-0.4, -0.2) is 42.5 Å². The van der Waals surface area contributed by atoms with Crippen molar-refractivity contribution >= 4 is 10.0 Å². The first kappa shape index (κ1) is 15.4. The zero-order valence-electron chi connectivity index (χ0n) is 11.9. The lowest BCUT2D eigenvalue weighted by atomic mass is 10.1. The molecule has 20 heavy (non-hydrogen) atoms. The van der Waals surface area contributed by atoms with Crippen molar-refractivity contribution in [2.75, 3.05) is 13.1 Å². The Morgan fingerprint density at radius 2 is 1.95 bits per heavy atom. The Morgan fingerprint density at radius 3 is 2.55 bits per heavy atom. The minimum Gasteiger partial charge on any atom is -0.313 e. The van der Waals surface area contributed by atoms with Gasteiger partial charge in [0.15, 0.2) is 5.03 Å². The van der Waals surface area contributed by atoms with Gasteiger partial charge in [-0.25, -0.2) is 17.8 Å². The zero-order valence-corrected chi connectivity index (χ0v) is 12.7. The number of hydrogen-bond acceptors (Lipinski definition) is 5. The Bertz CT molecular complexity index is 506. The van der Waals surface area contributed by atoms with Crippen LogP contribution in [0.5, 0.6) is 0 Å². The van der Waals surface area contributed by atoms with Crippen molar-refractivity contribution in [2.24, 2.45) is 7.05 Å². The van der Waals surface area contributed by atoms with Gasteiger partial charge in [-0.3, -0.25) is 0 Å². The Kier molecular flexibility index (Phi) is 5.50. The second kappa shape index (κ2) is 7.14. The van der Waals surface area contributed by atoms with Crippen molar-refractivity contribution in [3.05, 3.63) is 6.20 Å². The van der Waals surface area contributed by atoms with E-state index in [-0.39, 0.29) is 5.03 Å². The van der Waals surface area contributed by atoms with Gasteiger partial charge in [-0.15, -0.1) is 5.10 Å². The molecule has 1 fully saturated rings. The summed E-state index contributed by atoms with van der Waals surface area (Å²) in [5.74, 6) is 0. The molecule has 0 aromatic carbocycles. The Hall–Kier alpha value is -0.990. The van der Waals surface area contributed by atoms with E-state index in [1.807, 2.05) is 0 Å². The van der Waals surface area contributed by atoms with Gasteiger partial charge in [0.05, 0.1) is 6.20 Å². The van der Waals surface area contributed by atoms with E-state index in [0.29, 0.717) is 19.1 Å². The summed E-state index contributed by atoms with van der Waals surface area (Å²) in [5.41, 5.74) is 0. The molecule has 1 aliphatic rings. The average molecular weight is 301 g/mol. The first-order valence-electron chi connectivity index (χ1n) is 7.17. The highest BCUT2D eigenvalue weighted by molar-refractivity contribution is 7.89. The molecule has 0 unspecified atom stereocenters. The van der Waals surface area contributed by atoms with Crippen LogP contribution in [0.3, 0.4) is 0 Å². The van der Waals surface area contributed by atoms with Crippen molar-refractivity contribution in [1.82, 2.24) is 25.0 Å². The summed E-state index contributed by atoms with van der Waals surface area (Å²) in [4.78, 5) is 0. The van der Waals surface area contributed by atoms with Gasteiger partial charge >= 0.3 is 0 Å². The lowest BCUT2D eigenvalue weighted by Gasteiger charge is -2.16. The summed E-state index contributed by atoms with van der Waals surface area (Å²) < 4.78 is 27.8. The minimum atomic E-state index is -3.51. The van der Waals surface area contributed by atoms with Crippen molar-refractivity contribution in [3.63, 3.8) is 0 Å². The monoisotopic (exact) mass is 301 g/mol. The topological polar surface area (TPSA) is 88.9 Å². The predicted octanol–water partition coefficient (Wildman–Crippen LogP) is 0.406. The number of nitrogens with one attached hydrogen (secondary N) is 2. The zero-order chi connectivity index (χ0) is 14.4. The maximum atomic E-state index is 12.0. The summed E-state index contributed by atoms with van der Waals surface area (Å²) in [6.45, 7) is 1.03. The van der Waals surface area contributed by atoms with Crippen LogP contribution in [-0.2, 0) is 17.1 Å². The van der Waals surface area contributed by atoms with E-state index in [1.165, 1.54) is 49.4 Å². The van der Waals surface area contributed by atoms with Gasteiger partial charge in [0, 0.05) is 26.2 Å². The van der Waals surface area contributed by atoms with E-state index < -0.39 is 10.0 Å². The third kappa shape index (κ3) is 4.26. The lowest BCUT2D eigenvalue weighted by molar-refractivity contribution is 0.461. The largest absolute Gasteiger partial charge is 0.313 e. The van der Waals surface area contributed by atoms with Crippen molar-refractivity contribution in [2.45, 2.75) is 49.6 Å². The van der Waals surface area contributed by atoms with Gasteiger partial charge in [-0.05, 0) is 12.8 Å². The van der Waals surface area contributed by atoms with E-state index in [0.717, 1.165) is 0 Å². The fourth-order valence-corrected chi connectivity index (χ4v) is 3.63. The van der Waals surface area contributed by atoms with Gasteiger partial charge < -0.3 is 5.32 Å². The molecule has 1 aromatic heterocycles. The second-order valence-electron chi connectivity index (χ2n) is 5.24. The summed E-state index contributed by atoms with van der Waals surface area (Å²) in [6.07, 6.45) is 8.81. The highest BCUT2D eigenvalue weighted by atomic mass is 32.2. The molecule has 0 bridgehead atoms. The number of hydrogen-bond donors (Lipinski definition) is 2. The number of aryl methyl sites for hydroxylation is 1. The molecule has 2 N–H and O–H groups in total. The van der Waals surface area contributed by atoms with E-state index >= 15 is 0 Å². The van der Waals surface area contributed by atoms with Crippen LogP contribution in [0.15, 0.2) is 11.2 Å². The van der Waals surface area contributed by atoms with Crippen molar-refractivity contribution in [3.8, 4) is 0 Å². The first-order chi connectivity index (χ1) is 9.59. The molecule has 8 heteroatoms. The van der Waals surface area contributed by atoms with Gasteiger partial charge in [0.2, 0.25) is 0 Å². The van der Waals surface area contributed by atoms with Crippen LogP contribution >= 0.6 is 0 Å². The average Bonchev–Trinajstić information content (AvgIpc) is 2.70. The molecule has 114 valence electrons. The Morgan fingerprint density at radius 1 is 1.25 bits per heavy atom. The van der Waals surface area contributed by atoms with E-state index in [2.05, 4.69) is 20.4 Å². The highest BCUT2D eigenvalue weighted by Crippen LogP contribution is 2.16. The predicted molar refractivity (Wildman–Crippen MR) is 75.7 cm³/mol. The number of sulfonamides is 1. The van der Waals surface area contributed by atoms with Crippen molar-refractivity contribution < 1.29 is 8.42 Å². The summed E-state index contributed by atoms with van der Waals surface area (Å²) in [7, 11) is -1.95. The standard InChI is InChI=1S/C12H23N5O2S/c1-17-12(10-14-16-17)20(18,19)15-9-8-13-11-6-4-2-3-5-7-11/h10-11,13,15H,2-9H2,1H3. The van der Waals surface area contributed by atoms with Gasteiger partial charge in [-0.2, -0.15) is 0 Å². The maximum Gasteiger partial charge on any atom is 0.259 e. The van der Waals surface area contributed by atoms with E-state index in [1.54, 1.807) is 7.05 Å². The smallest absolute Gasteiger partial charge is 0.259 e. The molecule has 1 aromatic rings. The molecule has 2 rings (SSSR count). The SMILES string of the molecule is Cn1nncc1S(=O)(=O)NCCNC1CCCCCC1. The Labute approximate surface area is 120 Å². The highest BCUT2D eigenvalue weighted by Gasteiger charge is 2.18. The molecule has 0 atom stereocenters. The third-order valence-electron chi connectivity index (χ3n) is 3.65. The van der Waals surface area contributed by atoms with Crippen molar-refractivity contribution in [1.29, 1.82) is 0 Å². The molecule has 0 amide bonds. The van der Waals surface area contributed by atoms with Crippen LogP contribution in [0.25, 0.3) is 0 Å². The number of aromatic nitrogens is 3. The quantitative estimate of drug-likeness (QED) is 0.587. The third-order valence-corrected chi connectivity index (χ3v) is 5.16. The fraction of sp³-hybridized carbons (Fsp3) is 0.833. The molecule has 0 spiro atoms. The van der Waals surface area contributed by atoms with Crippen LogP contribution in [0, 0.1) is 0 Å². The number of nitrogens with zero attached hydrogens (tertiary/aromatic N) is 3. The summed E-state index contributed by atoms with van der Waals surface area (Å²) in [5, 5.41) is 10.7. The molecule has 0 saturated heterocycles. The van der Waals surface area contributed by atoms with Crippen LogP contribution < -0.4 is 10.0 Å². The van der Waals surface area contributed by atoms with E-state index in [4.69, 9.17) is 0 Å².